The fourth-order valence-electron chi connectivity index (χ4n) is 2.03. The molecule has 0 fully saturated rings. The summed E-state index contributed by atoms with van der Waals surface area (Å²) in [5, 5.41) is 2.44. The lowest BCUT2D eigenvalue weighted by Gasteiger charge is -2.27. The predicted molar refractivity (Wildman–Crippen MR) is 89.1 cm³/mol. The van der Waals surface area contributed by atoms with Gasteiger partial charge in [-0.1, -0.05) is 12.1 Å². The minimum atomic E-state index is -0.840. The third-order valence-electron chi connectivity index (χ3n) is 3.01. The van der Waals surface area contributed by atoms with Crippen molar-refractivity contribution in [2.24, 2.45) is 0 Å². The molecule has 6 heteroatoms. The summed E-state index contributed by atoms with van der Waals surface area (Å²) < 4.78 is 23.5. The van der Waals surface area contributed by atoms with E-state index in [1.165, 1.54) is 19.1 Å². The fraction of sp³-hybridized carbons (Fsp3) is 0.556. The molecule has 1 amide bonds. The van der Waals surface area contributed by atoms with Crippen molar-refractivity contribution in [3.8, 4) is 0 Å². The van der Waals surface area contributed by atoms with Gasteiger partial charge in [0.15, 0.2) is 0 Å². The van der Waals surface area contributed by atoms with Gasteiger partial charge in [0.25, 0.3) is 0 Å². The summed E-state index contributed by atoms with van der Waals surface area (Å²) in [5.74, 6) is -0.878. The Kier molecular flexibility index (Phi) is 6.35. The van der Waals surface area contributed by atoms with E-state index in [1.807, 2.05) is 0 Å². The highest BCUT2D eigenvalue weighted by Crippen LogP contribution is 2.18. The van der Waals surface area contributed by atoms with Crippen LogP contribution in [0.1, 0.15) is 47.1 Å². The lowest BCUT2D eigenvalue weighted by atomic mass is 9.98. The number of halogens is 1. The highest BCUT2D eigenvalue weighted by Gasteiger charge is 2.28. The Hall–Kier alpha value is -2.11. The number of hydrogen-bond acceptors (Lipinski definition) is 4. The Labute approximate surface area is 142 Å². The largest absolute Gasteiger partial charge is 0.458 e. The number of benzene rings is 1. The van der Waals surface area contributed by atoms with Crippen LogP contribution in [0.15, 0.2) is 24.3 Å². The van der Waals surface area contributed by atoms with Gasteiger partial charge in [-0.25, -0.2) is 14.0 Å². The van der Waals surface area contributed by atoms with Crippen molar-refractivity contribution in [3.05, 3.63) is 35.6 Å². The molecule has 0 bridgehead atoms. The number of carbonyl (C=O) groups is 2. The Morgan fingerprint density at radius 2 is 1.62 bits per heavy atom. The van der Waals surface area contributed by atoms with Crippen LogP contribution in [0, 0.1) is 5.82 Å². The number of carbonyl (C=O) groups excluding carboxylic acids is 2. The molecule has 0 saturated heterocycles. The Morgan fingerprint density at radius 3 is 2.12 bits per heavy atom. The van der Waals surface area contributed by atoms with Gasteiger partial charge in [0.1, 0.15) is 23.1 Å². The van der Waals surface area contributed by atoms with Crippen molar-refractivity contribution in [1.29, 1.82) is 0 Å². The first-order valence-corrected chi connectivity index (χ1v) is 7.85. The standard InChI is InChI=1S/C18H26FNO4/c1-12(20-16(22)24-17(2,3)4)15(21)23-18(5,6)11-13-7-9-14(19)10-8-13/h7-10,12H,11H2,1-6H3,(H,20,22). The summed E-state index contributed by atoms with van der Waals surface area (Å²) in [6.07, 6.45) is -0.249. The van der Waals surface area contributed by atoms with Crippen molar-refractivity contribution >= 4 is 12.1 Å². The van der Waals surface area contributed by atoms with Crippen LogP contribution < -0.4 is 5.32 Å². The van der Waals surface area contributed by atoms with Gasteiger partial charge in [0.2, 0.25) is 0 Å². The molecule has 1 unspecified atom stereocenters. The highest BCUT2D eigenvalue weighted by atomic mass is 19.1. The molecule has 0 aromatic heterocycles. The molecule has 0 aliphatic rings. The number of nitrogens with one attached hydrogen (secondary N) is 1. The summed E-state index contributed by atoms with van der Waals surface area (Å²) in [7, 11) is 0. The maximum absolute atomic E-state index is 12.9. The maximum Gasteiger partial charge on any atom is 0.408 e. The van der Waals surface area contributed by atoms with E-state index < -0.39 is 29.3 Å². The number of alkyl carbamates (subject to hydrolysis) is 1. The van der Waals surface area contributed by atoms with Crippen LogP contribution in [0.5, 0.6) is 0 Å². The normalized spacial score (nSPS) is 13.1. The SMILES string of the molecule is CC(NC(=O)OC(C)(C)C)C(=O)OC(C)(C)Cc1ccc(F)cc1. The molecule has 1 atom stereocenters. The van der Waals surface area contributed by atoms with Crippen LogP contribution in [0.3, 0.4) is 0 Å². The molecule has 0 aliphatic heterocycles. The van der Waals surface area contributed by atoms with E-state index in [9.17, 15) is 14.0 Å². The number of esters is 1. The minimum Gasteiger partial charge on any atom is -0.458 e. The lowest BCUT2D eigenvalue weighted by molar-refractivity contribution is -0.158. The van der Waals surface area contributed by atoms with Crippen molar-refractivity contribution in [3.63, 3.8) is 0 Å². The van der Waals surface area contributed by atoms with E-state index in [1.54, 1.807) is 46.8 Å². The second-order valence-corrected chi connectivity index (χ2v) is 7.35. The topological polar surface area (TPSA) is 64.6 Å². The summed E-state index contributed by atoms with van der Waals surface area (Å²) >= 11 is 0. The van der Waals surface area contributed by atoms with E-state index >= 15 is 0 Å². The summed E-state index contributed by atoms with van der Waals surface area (Å²) in [4.78, 5) is 23.8. The molecule has 0 saturated carbocycles. The third-order valence-corrected chi connectivity index (χ3v) is 3.01. The average molecular weight is 339 g/mol. The zero-order valence-corrected chi connectivity index (χ0v) is 15.1. The third kappa shape index (κ3) is 7.44. The monoisotopic (exact) mass is 339 g/mol. The van der Waals surface area contributed by atoms with E-state index in [-0.39, 0.29) is 5.82 Å². The molecule has 1 aromatic carbocycles. The second kappa shape index (κ2) is 7.64. The average Bonchev–Trinajstić information content (AvgIpc) is 2.38. The van der Waals surface area contributed by atoms with Crippen LogP contribution >= 0.6 is 0 Å². The van der Waals surface area contributed by atoms with Gasteiger partial charge in [0.05, 0.1) is 0 Å². The Balaban J connectivity index is 2.57. The first kappa shape index (κ1) is 19.9. The van der Waals surface area contributed by atoms with E-state index in [2.05, 4.69) is 5.32 Å². The molecule has 1 aromatic rings. The zero-order valence-electron chi connectivity index (χ0n) is 15.1. The van der Waals surface area contributed by atoms with Crippen LogP contribution in [-0.4, -0.2) is 29.3 Å². The van der Waals surface area contributed by atoms with Gasteiger partial charge >= 0.3 is 12.1 Å². The summed E-state index contributed by atoms with van der Waals surface area (Å²) in [6, 6.07) is 5.17. The number of hydrogen-bond donors (Lipinski definition) is 1. The quantitative estimate of drug-likeness (QED) is 0.833. The molecule has 1 rings (SSSR count). The second-order valence-electron chi connectivity index (χ2n) is 7.35. The van der Waals surface area contributed by atoms with Crippen LogP contribution in [0.25, 0.3) is 0 Å². The number of ether oxygens (including phenoxy) is 2. The van der Waals surface area contributed by atoms with Crippen molar-refractivity contribution < 1.29 is 23.5 Å². The van der Waals surface area contributed by atoms with Crippen LogP contribution in [-0.2, 0) is 20.7 Å². The maximum atomic E-state index is 12.9. The molecule has 0 spiro atoms. The van der Waals surface area contributed by atoms with Gasteiger partial charge in [-0.2, -0.15) is 0 Å². The molecule has 1 N–H and O–H groups in total. The molecular formula is C18H26FNO4. The zero-order chi connectivity index (χ0) is 18.5. The molecule has 0 heterocycles. The van der Waals surface area contributed by atoms with Gasteiger partial charge < -0.3 is 14.8 Å². The van der Waals surface area contributed by atoms with Crippen molar-refractivity contribution in [1.82, 2.24) is 5.32 Å². The number of amides is 1. The lowest BCUT2D eigenvalue weighted by Crippen LogP contribution is -2.45. The van der Waals surface area contributed by atoms with E-state index in [0.717, 1.165) is 5.56 Å². The first-order valence-electron chi connectivity index (χ1n) is 7.85. The van der Waals surface area contributed by atoms with E-state index in [0.29, 0.717) is 6.42 Å². The summed E-state index contributed by atoms with van der Waals surface area (Å²) in [5.41, 5.74) is -0.587. The predicted octanol–water partition coefficient (Wildman–Crippen LogP) is 3.60. The van der Waals surface area contributed by atoms with Gasteiger partial charge in [-0.05, 0) is 59.2 Å². The minimum absolute atomic E-state index is 0.316. The van der Waals surface area contributed by atoms with Gasteiger partial charge in [-0.3, -0.25) is 0 Å². The van der Waals surface area contributed by atoms with Crippen LogP contribution in [0.4, 0.5) is 9.18 Å². The smallest absolute Gasteiger partial charge is 0.408 e. The molecule has 5 nitrogen and oxygen atoms in total. The van der Waals surface area contributed by atoms with Crippen molar-refractivity contribution in [2.75, 3.05) is 0 Å². The first-order chi connectivity index (χ1) is 10.9. The van der Waals surface area contributed by atoms with Gasteiger partial charge in [0, 0.05) is 6.42 Å². The Bertz CT molecular complexity index is 576. The Morgan fingerprint density at radius 1 is 1.08 bits per heavy atom. The number of rotatable bonds is 5. The highest BCUT2D eigenvalue weighted by molar-refractivity contribution is 5.81. The molecule has 0 radical (unpaired) electrons. The van der Waals surface area contributed by atoms with Crippen LogP contribution in [0.2, 0.25) is 0 Å². The summed E-state index contributed by atoms with van der Waals surface area (Å²) in [6.45, 7) is 10.3. The fourth-order valence-corrected chi connectivity index (χ4v) is 2.03. The van der Waals surface area contributed by atoms with Crippen molar-refractivity contribution in [2.45, 2.75) is 65.2 Å². The molecule has 134 valence electrons. The van der Waals surface area contributed by atoms with E-state index in [4.69, 9.17) is 9.47 Å². The molecule has 0 aliphatic carbocycles. The molecular weight excluding hydrogens is 313 g/mol. The van der Waals surface area contributed by atoms with Gasteiger partial charge in [-0.15, -0.1) is 0 Å². The molecule has 24 heavy (non-hydrogen) atoms.